The molecule has 2 aromatic heterocycles. The van der Waals surface area contributed by atoms with Gasteiger partial charge in [0.05, 0.1) is 30.0 Å². The summed E-state index contributed by atoms with van der Waals surface area (Å²) in [6.45, 7) is 2.86. The highest BCUT2D eigenvalue weighted by molar-refractivity contribution is 5.70. The van der Waals surface area contributed by atoms with Gasteiger partial charge >= 0.3 is 5.97 Å². The SMILES string of the molecule is Cc1nc(-c2nnn(C)c2NC(O)OCC(C)F)ccc1O[C@H]1CCC[C@H](C(=O)O)C1. The lowest BCUT2D eigenvalue weighted by atomic mass is 9.87. The highest BCUT2D eigenvalue weighted by Gasteiger charge is 2.28. The number of hydrogen-bond acceptors (Lipinski definition) is 8. The third-order valence-corrected chi connectivity index (χ3v) is 5.12. The number of carboxylic acid groups (broad SMARTS) is 1. The molecule has 11 heteroatoms. The standard InChI is InChI=1S/C20H28FN5O5/c1-11(21)10-30-20(29)23-18-17(24-25-26(18)3)15-7-8-16(12(2)22-15)31-14-6-4-5-13(9-14)19(27)28/h7-8,11,13-14,20,23,29H,4-6,9-10H2,1-3H3,(H,27,28)/t11?,13-,14-,20?/m0/s1. The maximum Gasteiger partial charge on any atom is 0.306 e. The molecule has 3 N–H and O–H groups in total. The summed E-state index contributed by atoms with van der Waals surface area (Å²) in [5.74, 6) is -0.225. The third-order valence-electron chi connectivity index (χ3n) is 5.12. The third kappa shape index (κ3) is 5.88. The Morgan fingerprint density at radius 1 is 1.42 bits per heavy atom. The Balaban J connectivity index is 1.72. The Morgan fingerprint density at radius 3 is 2.87 bits per heavy atom. The van der Waals surface area contributed by atoms with E-state index in [4.69, 9.17) is 9.47 Å². The van der Waals surface area contributed by atoms with Crippen molar-refractivity contribution in [1.82, 2.24) is 20.0 Å². The second kappa shape index (κ2) is 10.0. The smallest absolute Gasteiger partial charge is 0.306 e. The number of hydrogen-bond donors (Lipinski definition) is 3. The zero-order valence-corrected chi connectivity index (χ0v) is 17.8. The van der Waals surface area contributed by atoms with Gasteiger partial charge in [0.1, 0.15) is 11.9 Å². The maximum absolute atomic E-state index is 12.9. The molecule has 170 valence electrons. The minimum atomic E-state index is -1.44. The van der Waals surface area contributed by atoms with Crippen molar-refractivity contribution >= 4 is 11.8 Å². The topological polar surface area (TPSA) is 132 Å². The van der Waals surface area contributed by atoms with Crippen LogP contribution in [0, 0.1) is 12.8 Å². The van der Waals surface area contributed by atoms with Gasteiger partial charge in [0.2, 0.25) is 6.41 Å². The number of nitrogens with zero attached hydrogens (tertiary/aromatic N) is 4. The van der Waals surface area contributed by atoms with Gasteiger partial charge < -0.3 is 25.0 Å². The van der Waals surface area contributed by atoms with Crippen molar-refractivity contribution in [2.75, 3.05) is 11.9 Å². The van der Waals surface area contributed by atoms with E-state index in [0.29, 0.717) is 41.5 Å². The monoisotopic (exact) mass is 437 g/mol. The minimum Gasteiger partial charge on any atom is -0.489 e. The van der Waals surface area contributed by atoms with Gasteiger partial charge in [0.15, 0.2) is 11.5 Å². The van der Waals surface area contributed by atoms with Crippen LogP contribution in [0.1, 0.15) is 38.3 Å². The molecule has 0 aromatic carbocycles. The number of halogens is 1. The molecule has 1 fully saturated rings. The van der Waals surface area contributed by atoms with E-state index in [2.05, 4.69) is 20.6 Å². The van der Waals surface area contributed by atoms with Gasteiger partial charge in [-0.1, -0.05) is 5.21 Å². The molecule has 2 aromatic rings. The molecule has 0 bridgehead atoms. The van der Waals surface area contributed by atoms with E-state index in [1.54, 1.807) is 26.1 Å². The van der Waals surface area contributed by atoms with Crippen LogP contribution < -0.4 is 10.1 Å². The van der Waals surface area contributed by atoms with Crippen molar-refractivity contribution in [2.45, 2.75) is 58.2 Å². The number of aliphatic carboxylic acids is 1. The molecule has 0 radical (unpaired) electrons. The molecule has 0 spiro atoms. The number of aromatic nitrogens is 4. The average molecular weight is 437 g/mol. The van der Waals surface area contributed by atoms with Gasteiger partial charge in [0, 0.05) is 7.05 Å². The van der Waals surface area contributed by atoms with Crippen molar-refractivity contribution < 1.29 is 28.9 Å². The Morgan fingerprint density at radius 2 is 2.19 bits per heavy atom. The number of anilines is 1. The summed E-state index contributed by atoms with van der Waals surface area (Å²) < 4.78 is 25.4. The molecule has 3 rings (SSSR count). The predicted molar refractivity (Wildman–Crippen MR) is 109 cm³/mol. The van der Waals surface area contributed by atoms with Gasteiger partial charge in [-0.05, 0) is 51.7 Å². The molecule has 1 aliphatic carbocycles. The molecule has 31 heavy (non-hydrogen) atoms. The van der Waals surface area contributed by atoms with Crippen molar-refractivity contribution in [3.8, 4) is 17.1 Å². The molecule has 10 nitrogen and oxygen atoms in total. The summed E-state index contributed by atoms with van der Waals surface area (Å²) in [5.41, 5.74) is 1.50. The Kier molecular flexibility index (Phi) is 7.39. The van der Waals surface area contributed by atoms with Crippen LogP contribution in [0.25, 0.3) is 11.4 Å². The first kappa shape index (κ1) is 22.9. The minimum absolute atomic E-state index is 0.167. The van der Waals surface area contributed by atoms with Crippen LogP contribution >= 0.6 is 0 Å². The zero-order chi connectivity index (χ0) is 22.5. The second-order valence-corrected chi connectivity index (χ2v) is 7.74. The molecular weight excluding hydrogens is 409 g/mol. The van der Waals surface area contributed by atoms with Gasteiger partial charge in [-0.25, -0.2) is 14.1 Å². The highest BCUT2D eigenvalue weighted by Crippen LogP contribution is 2.31. The number of aliphatic hydroxyl groups is 1. The molecule has 0 aliphatic heterocycles. The second-order valence-electron chi connectivity index (χ2n) is 7.74. The number of aliphatic hydroxyl groups excluding tert-OH is 1. The maximum atomic E-state index is 12.9. The molecule has 1 aliphatic rings. The van der Waals surface area contributed by atoms with Crippen LogP contribution in [0.4, 0.5) is 10.2 Å². The van der Waals surface area contributed by atoms with Crippen molar-refractivity contribution in [2.24, 2.45) is 13.0 Å². The lowest BCUT2D eigenvalue weighted by Crippen LogP contribution is -2.29. The van der Waals surface area contributed by atoms with Gasteiger partial charge in [-0.2, -0.15) is 0 Å². The van der Waals surface area contributed by atoms with Crippen LogP contribution in [0.5, 0.6) is 5.75 Å². The van der Waals surface area contributed by atoms with Crippen molar-refractivity contribution in [1.29, 1.82) is 0 Å². The van der Waals surface area contributed by atoms with Crippen LogP contribution in [-0.2, 0) is 16.6 Å². The van der Waals surface area contributed by atoms with E-state index in [0.717, 1.165) is 12.8 Å². The Bertz CT molecular complexity index is 906. The molecular formula is C20H28FN5O5. The Labute approximate surface area is 179 Å². The molecule has 2 heterocycles. The summed E-state index contributed by atoms with van der Waals surface area (Å²) in [6, 6.07) is 3.48. The largest absolute Gasteiger partial charge is 0.489 e. The van der Waals surface area contributed by atoms with Crippen LogP contribution in [0.3, 0.4) is 0 Å². The van der Waals surface area contributed by atoms with Crippen LogP contribution in [0.15, 0.2) is 12.1 Å². The zero-order valence-electron chi connectivity index (χ0n) is 17.8. The first-order chi connectivity index (χ1) is 14.7. The van der Waals surface area contributed by atoms with Crippen LogP contribution in [0.2, 0.25) is 0 Å². The first-order valence-corrected chi connectivity index (χ1v) is 10.2. The van der Waals surface area contributed by atoms with E-state index in [1.165, 1.54) is 11.6 Å². The molecule has 1 saturated carbocycles. The van der Waals surface area contributed by atoms with E-state index in [1.807, 2.05) is 0 Å². The number of pyridine rings is 1. The summed E-state index contributed by atoms with van der Waals surface area (Å²) in [4.78, 5) is 15.8. The van der Waals surface area contributed by atoms with E-state index >= 15 is 0 Å². The van der Waals surface area contributed by atoms with E-state index < -0.39 is 18.6 Å². The van der Waals surface area contributed by atoms with Gasteiger partial charge in [-0.3, -0.25) is 4.79 Å². The van der Waals surface area contributed by atoms with Gasteiger partial charge in [-0.15, -0.1) is 5.10 Å². The normalized spacial score (nSPS) is 20.8. The number of nitrogens with one attached hydrogen (secondary N) is 1. The fraction of sp³-hybridized carbons (Fsp3) is 0.600. The molecule has 2 unspecified atom stereocenters. The number of carbonyl (C=O) groups is 1. The van der Waals surface area contributed by atoms with Crippen LogP contribution in [-0.4, -0.2) is 61.5 Å². The average Bonchev–Trinajstić information content (AvgIpc) is 3.08. The quantitative estimate of drug-likeness (QED) is 0.505. The van der Waals surface area contributed by atoms with E-state index in [9.17, 15) is 19.4 Å². The van der Waals surface area contributed by atoms with Crippen molar-refractivity contribution in [3.05, 3.63) is 17.8 Å². The fourth-order valence-electron chi connectivity index (χ4n) is 3.53. The summed E-state index contributed by atoms with van der Waals surface area (Å²) in [6.07, 6.45) is -0.0539. The number of carboxylic acids is 1. The molecule has 0 saturated heterocycles. The van der Waals surface area contributed by atoms with Gasteiger partial charge in [0.25, 0.3) is 0 Å². The lowest BCUT2D eigenvalue weighted by molar-refractivity contribution is -0.143. The molecule has 0 amide bonds. The summed E-state index contributed by atoms with van der Waals surface area (Å²) in [7, 11) is 1.63. The summed E-state index contributed by atoms with van der Waals surface area (Å²) >= 11 is 0. The first-order valence-electron chi connectivity index (χ1n) is 10.2. The highest BCUT2D eigenvalue weighted by atomic mass is 19.1. The Hall–Kier alpha value is -2.79. The van der Waals surface area contributed by atoms with E-state index in [-0.39, 0.29) is 18.6 Å². The lowest BCUT2D eigenvalue weighted by Gasteiger charge is -2.27. The molecule has 4 atom stereocenters. The summed E-state index contributed by atoms with van der Waals surface area (Å²) in [5, 5.41) is 30.0. The number of aryl methyl sites for hydroxylation is 2. The number of ether oxygens (including phenoxy) is 2. The number of alkyl halides is 1. The number of rotatable bonds is 9. The predicted octanol–water partition coefficient (Wildman–Crippen LogP) is 2.27. The fourth-order valence-corrected chi connectivity index (χ4v) is 3.53. The van der Waals surface area contributed by atoms with Crippen molar-refractivity contribution in [3.63, 3.8) is 0 Å².